The molecule has 0 radical (unpaired) electrons. The minimum atomic E-state index is -4.65. The maximum atomic E-state index is 13.5. The Bertz CT molecular complexity index is 1400. The van der Waals surface area contributed by atoms with Gasteiger partial charge in [-0.25, -0.2) is 9.50 Å². The highest BCUT2D eigenvalue weighted by Crippen LogP contribution is 2.38. The Kier molecular flexibility index (Phi) is 5.59. The number of phenols is 1. The molecule has 4 rings (SSSR count). The third kappa shape index (κ3) is 4.59. The number of aryl methyl sites for hydroxylation is 1. The molecule has 0 saturated carbocycles. The second-order valence-corrected chi connectivity index (χ2v) is 9.11. The summed E-state index contributed by atoms with van der Waals surface area (Å²) in [4.78, 5) is 17.0. The average Bonchev–Trinajstić information content (AvgIpc) is 3.17. The van der Waals surface area contributed by atoms with Crippen molar-refractivity contribution in [3.63, 3.8) is 0 Å². The Morgan fingerprint density at radius 2 is 1.74 bits per heavy atom. The van der Waals surface area contributed by atoms with Crippen LogP contribution in [0.1, 0.15) is 31.9 Å². The number of anilines is 1. The van der Waals surface area contributed by atoms with Gasteiger partial charge in [0.25, 0.3) is 0 Å². The highest BCUT2D eigenvalue weighted by Gasteiger charge is 2.34. The van der Waals surface area contributed by atoms with Crippen LogP contribution >= 0.6 is 0 Å². The molecular formula is C25H23F3N4O2. The molecule has 0 saturated heterocycles. The lowest BCUT2D eigenvalue weighted by Gasteiger charge is -2.19. The van der Waals surface area contributed by atoms with Gasteiger partial charge in [0.15, 0.2) is 5.65 Å². The predicted octanol–water partition coefficient (Wildman–Crippen LogP) is 6.08. The molecule has 0 spiro atoms. The van der Waals surface area contributed by atoms with Crippen LogP contribution in [0.4, 0.5) is 18.9 Å². The van der Waals surface area contributed by atoms with Gasteiger partial charge in [0.1, 0.15) is 5.75 Å². The van der Waals surface area contributed by atoms with Crippen molar-refractivity contribution in [1.29, 1.82) is 0 Å². The summed E-state index contributed by atoms with van der Waals surface area (Å²) in [5.41, 5.74) is 1.68. The fourth-order valence-electron chi connectivity index (χ4n) is 3.38. The number of fused-ring (bicyclic) bond motifs is 1. The number of amides is 1. The van der Waals surface area contributed by atoms with E-state index in [2.05, 4.69) is 15.4 Å². The monoisotopic (exact) mass is 468 g/mol. The Labute approximate surface area is 194 Å². The second-order valence-electron chi connectivity index (χ2n) is 9.11. The minimum absolute atomic E-state index is 0.0887. The summed E-state index contributed by atoms with van der Waals surface area (Å²) >= 11 is 0. The van der Waals surface area contributed by atoms with Crippen LogP contribution in [0.5, 0.6) is 5.75 Å². The zero-order valence-corrected chi connectivity index (χ0v) is 19.0. The number of imidazole rings is 1. The van der Waals surface area contributed by atoms with E-state index in [1.165, 1.54) is 22.7 Å². The van der Waals surface area contributed by atoms with Crippen LogP contribution in [-0.4, -0.2) is 25.6 Å². The molecular weight excluding hydrogens is 445 g/mol. The van der Waals surface area contributed by atoms with Crippen LogP contribution in [0.15, 0.2) is 54.7 Å². The fourth-order valence-corrected chi connectivity index (χ4v) is 3.38. The quantitative estimate of drug-likeness (QED) is 0.382. The highest BCUT2D eigenvalue weighted by molar-refractivity contribution is 5.95. The molecule has 0 atom stereocenters. The second kappa shape index (κ2) is 8.16. The van der Waals surface area contributed by atoms with E-state index in [0.29, 0.717) is 23.1 Å². The van der Waals surface area contributed by atoms with E-state index in [1.54, 1.807) is 12.3 Å². The first-order valence-corrected chi connectivity index (χ1v) is 10.5. The lowest BCUT2D eigenvalue weighted by atomic mass is 9.95. The summed E-state index contributed by atoms with van der Waals surface area (Å²) in [5.74, 6) is -0.598. The van der Waals surface area contributed by atoms with Gasteiger partial charge in [-0.15, -0.1) is 0 Å². The number of aromatic hydroxyl groups is 1. The molecule has 2 heterocycles. The van der Waals surface area contributed by atoms with Gasteiger partial charge in [-0.05, 0) is 48.9 Å². The summed E-state index contributed by atoms with van der Waals surface area (Å²) in [6.45, 7) is 7.36. The lowest BCUT2D eigenvalue weighted by molar-refractivity contribution is -0.137. The fraction of sp³-hybridized carbons (Fsp3) is 0.240. The summed E-state index contributed by atoms with van der Waals surface area (Å²) in [7, 11) is 0. The first-order valence-electron chi connectivity index (χ1n) is 10.5. The van der Waals surface area contributed by atoms with Gasteiger partial charge < -0.3 is 10.4 Å². The number of carbonyl (C=O) groups is 1. The van der Waals surface area contributed by atoms with Crippen LogP contribution in [0.25, 0.3) is 28.2 Å². The number of alkyl halides is 3. The van der Waals surface area contributed by atoms with Gasteiger partial charge in [-0.2, -0.15) is 18.3 Å². The maximum absolute atomic E-state index is 13.5. The molecule has 4 aromatic rings. The van der Waals surface area contributed by atoms with E-state index in [4.69, 9.17) is 0 Å². The summed E-state index contributed by atoms with van der Waals surface area (Å²) < 4.78 is 41.9. The first-order chi connectivity index (χ1) is 15.8. The number of hydrogen-bond acceptors (Lipinski definition) is 4. The molecule has 0 fully saturated rings. The molecule has 0 bridgehead atoms. The molecule has 0 aliphatic carbocycles. The lowest BCUT2D eigenvalue weighted by Crippen LogP contribution is -2.27. The van der Waals surface area contributed by atoms with Gasteiger partial charge in [-0.3, -0.25) is 4.79 Å². The molecule has 0 aliphatic heterocycles. The number of rotatable bonds is 3. The molecule has 1 amide bonds. The van der Waals surface area contributed by atoms with E-state index >= 15 is 0 Å². The number of aromatic nitrogens is 3. The molecule has 0 aliphatic rings. The Morgan fingerprint density at radius 1 is 1.00 bits per heavy atom. The van der Waals surface area contributed by atoms with Crippen molar-refractivity contribution in [3.05, 3.63) is 65.9 Å². The third-order valence-corrected chi connectivity index (χ3v) is 5.37. The van der Waals surface area contributed by atoms with Crippen molar-refractivity contribution in [1.82, 2.24) is 14.6 Å². The van der Waals surface area contributed by atoms with E-state index < -0.39 is 22.9 Å². The van der Waals surface area contributed by atoms with E-state index in [1.807, 2.05) is 45.9 Å². The van der Waals surface area contributed by atoms with Crippen molar-refractivity contribution in [2.24, 2.45) is 5.41 Å². The predicted molar refractivity (Wildman–Crippen MR) is 123 cm³/mol. The van der Waals surface area contributed by atoms with Crippen LogP contribution in [0.2, 0.25) is 0 Å². The molecule has 2 aromatic heterocycles. The van der Waals surface area contributed by atoms with Crippen molar-refractivity contribution in [2.75, 3.05) is 5.32 Å². The van der Waals surface area contributed by atoms with Gasteiger partial charge in [0.2, 0.25) is 5.91 Å². The molecule has 9 heteroatoms. The van der Waals surface area contributed by atoms with Crippen molar-refractivity contribution < 1.29 is 23.1 Å². The Hall–Kier alpha value is -3.88. The Balaban J connectivity index is 1.74. The van der Waals surface area contributed by atoms with E-state index in [0.717, 1.165) is 11.1 Å². The SMILES string of the molecule is Cc1ccc(-c2cn3nc(-c4ccc(O)cc4C(F)(F)F)ccc3n2)cc1NC(=O)C(C)(C)C. The number of phenolic OH excluding ortho intramolecular Hbond substituents is 1. The normalized spacial score (nSPS) is 12.2. The van der Waals surface area contributed by atoms with Crippen molar-refractivity contribution in [3.8, 4) is 28.3 Å². The number of nitrogens with zero attached hydrogens (tertiary/aromatic N) is 3. The molecule has 2 aromatic carbocycles. The van der Waals surface area contributed by atoms with Crippen molar-refractivity contribution in [2.45, 2.75) is 33.9 Å². The van der Waals surface area contributed by atoms with Crippen molar-refractivity contribution >= 4 is 17.2 Å². The molecule has 6 nitrogen and oxygen atoms in total. The maximum Gasteiger partial charge on any atom is 0.417 e. The number of halogens is 3. The van der Waals surface area contributed by atoms with Gasteiger partial charge in [0.05, 0.1) is 23.1 Å². The van der Waals surface area contributed by atoms with Crippen LogP contribution in [0, 0.1) is 12.3 Å². The highest BCUT2D eigenvalue weighted by atomic mass is 19.4. The molecule has 2 N–H and O–H groups in total. The number of benzene rings is 2. The summed E-state index contributed by atoms with van der Waals surface area (Å²) in [6, 6.07) is 11.6. The third-order valence-electron chi connectivity index (χ3n) is 5.37. The largest absolute Gasteiger partial charge is 0.508 e. The van der Waals surface area contributed by atoms with Gasteiger partial charge in [-0.1, -0.05) is 32.9 Å². The number of nitrogens with one attached hydrogen (secondary N) is 1. The van der Waals surface area contributed by atoms with Crippen LogP contribution < -0.4 is 5.32 Å². The topological polar surface area (TPSA) is 79.5 Å². The zero-order valence-electron chi connectivity index (χ0n) is 19.0. The zero-order chi connectivity index (χ0) is 24.8. The van der Waals surface area contributed by atoms with E-state index in [-0.39, 0.29) is 17.2 Å². The summed E-state index contributed by atoms with van der Waals surface area (Å²) in [6.07, 6.45) is -3.03. The van der Waals surface area contributed by atoms with Crippen LogP contribution in [0.3, 0.4) is 0 Å². The average molecular weight is 468 g/mol. The molecule has 34 heavy (non-hydrogen) atoms. The first kappa shape index (κ1) is 23.3. The smallest absolute Gasteiger partial charge is 0.417 e. The molecule has 176 valence electrons. The summed E-state index contributed by atoms with van der Waals surface area (Å²) in [5, 5.41) is 16.8. The minimum Gasteiger partial charge on any atom is -0.508 e. The van der Waals surface area contributed by atoms with Gasteiger partial charge in [0, 0.05) is 22.2 Å². The Morgan fingerprint density at radius 3 is 2.41 bits per heavy atom. The van der Waals surface area contributed by atoms with Gasteiger partial charge >= 0.3 is 6.18 Å². The van der Waals surface area contributed by atoms with Crippen LogP contribution in [-0.2, 0) is 11.0 Å². The molecule has 0 unspecified atom stereocenters. The van der Waals surface area contributed by atoms with E-state index in [9.17, 15) is 23.1 Å². The number of carbonyl (C=O) groups excluding carboxylic acids is 1. The standard InChI is InChI=1S/C25H23F3N4O2/c1-14-5-6-15(11-20(14)30-23(34)24(2,3)4)21-13-32-22(29-21)10-9-19(31-32)17-8-7-16(33)12-18(17)25(26,27)28/h5-13,33H,1-4H3,(H,30,34). The number of hydrogen-bond donors (Lipinski definition) is 2.